The average molecular weight is 488 g/mol. The van der Waals surface area contributed by atoms with Crippen LogP contribution >= 0.6 is 11.3 Å². The minimum atomic E-state index is -0.464. The molecule has 2 N–H and O–H groups in total. The molecule has 0 bridgehead atoms. The summed E-state index contributed by atoms with van der Waals surface area (Å²) in [5.41, 5.74) is 0.952. The molecule has 0 radical (unpaired) electrons. The van der Waals surface area contributed by atoms with Gasteiger partial charge in [0.1, 0.15) is 4.83 Å². The number of rotatable bonds is 7. The number of likely N-dealkylation sites (tertiary alicyclic amines) is 1. The molecular weight excluding hydrogens is 458 g/mol. The average Bonchev–Trinajstić information content (AvgIpc) is 3.47. The number of carbonyl (C=O) groups excluding carboxylic acids is 2. The first-order valence-corrected chi connectivity index (χ1v) is 12.1. The second-order valence-corrected chi connectivity index (χ2v) is 9.04. The number of thiazole rings is 1. The number of methoxy groups -OCH3 is 2. The highest BCUT2D eigenvalue weighted by atomic mass is 32.1. The molecule has 1 aliphatic rings. The van der Waals surface area contributed by atoms with Gasteiger partial charge in [0, 0.05) is 36.8 Å². The van der Waals surface area contributed by atoms with Crippen molar-refractivity contribution >= 4 is 34.0 Å². The zero-order valence-electron chi connectivity index (χ0n) is 19.7. The molecule has 0 aliphatic carbocycles. The highest BCUT2D eigenvalue weighted by Gasteiger charge is 2.30. The molecule has 11 nitrogen and oxygen atoms in total. The third-order valence-corrected chi connectivity index (χ3v) is 6.82. The first-order chi connectivity index (χ1) is 16.4. The molecule has 182 valence electrons. The number of aromatic nitrogens is 4. The highest BCUT2D eigenvalue weighted by molar-refractivity contribution is 7.16. The summed E-state index contributed by atoms with van der Waals surface area (Å²) in [4.78, 5) is 37.1. The maximum atomic E-state index is 13.6. The third-order valence-electron chi connectivity index (χ3n) is 5.93. The second kappa shape index (κ2) is 10.2. The smallest absolute Gasteiger partial charge is 0.407 e. The van der Waals surface area contributed by atoms with Crippen molar-refractivity contribution in [2.24, 2.45) is 0 Å². The van der Waals surface area contributed by atoms with Gasteiger partial charge in [-0.15, -0.1) is 11.3 Å². The fourth-order valence-corrected chi connectivity index (χ4v) is 4.62. The van der Waals surface area contributed by atoms with Gasteiger partial charge in [0.25, 0.3) is 5.91 Å². The number of ether oxygens (including phenoxy) is 2. The van der Waals surface area contributed by atoms with Gasteiger partial charge >= 0.3 is 6.09 Å². The number of piperidine rings is 1. The summed E-state index contributed by atoms with van der Waals surface area (Å²) >= 11 is 1.53. The Bertz CT molecular complexity index is 1170. The van der Waals surface area contributed by atoms with Crippen molar-refractivity contribution in [1.29, 1.82) is 0 Å². The Hall–Kier alpha value is -3.41. The van der Waals surface area contributed by atoms with Crippen molar-refractivity contribution in [2.75, 3.05) is 32.6 Å². The molecule has 1 saturated heterocycles. The summed E-state index contributed by atoms with van der Waals surface area (Å²) in [5, 5.41) is 12.5. The zero-order valence-corrected chi connectivity index (χ0v) is 20.5. The molecule has 1 aliphatic heterocycles. The lowest BCUT2D eigenvalue weighted by atomic mass is 10.0. The van der Waals surface area contributed by atoms with Gasteiger partial charge in [0.05, 0.1) is 26.0 Å². The summed E-state index contributed by atoms with van der Waals surface area (Å²) in [6, 6.07) is 0.0789. The quantitative estimate of drug-likeness (QED) is 0.521. The molecule has 2 amide bonds. The Kier molecular flexibility index (Phi) is 7.15. The molecule has 3 aromatic heterocycles. The van der Waals surface area contributed by atoms with Gasteiger partial charge in [-0.2, -0.15) is 5.10 Å². The van der Waals surface area contributed by atoms with Gasteiger partial charge in [-0.25, -0.2) is 19.3 Å². The van der Waals surface area contributed by atoms with Gasteiger partial charge < -0.3 is 25.0 Å². The predicted molar refractivity (Wildman–Crippen MR) is 128 cm³/mol. The minimum Gasteiger partial charge on any atom is -0.491 e. The number of hydrogen-bond acceptors (Lipinski definition) is 9. The first kappa shape index (κ1) is 23.7. The van der Waals surface area contributed by atoms with E-state index < -0.39 is 6.09 Å². The van der Waals surface area contributed by atoms with Crippen LogP contribution in [0.15, 0.2) is 17.8 Å². The lowest BCUT2D eigenvalue weighted by molar-refractivity contribution is 0.0694. The zero-order chi connectivity index (χ0) is 24.2. The van der Waals surface area contributed by atoms with Crippen molar-refractivity contribution < 1.29 is 19.1 Å². The number of nitrogens with one attached hydrogen (secondary N) is 2. The molecule has 0 saturated carbocycles. The topological polar surface area (TPSA) is 123 Å². The molecule has 0 aromatic carbocycles. The van der Waals surface area contributed by atoms with Crippen LogP contribution in [-0.2, 0) is 4.74 Å². The first-order valence-electron chi connectivity index (χ1n) is 11.2. The van der Waals surface area contributed by atoms with E-state index in [-0.39, 0.29) is 23.7 Å². The van der Waals surface area contributed by atoms with E-state index in [0.717, 1.165) is 16.8 Å². The lowest BCUT2D eigenvalue weighted by Crippen LogP contribution is -2.46. The Morgan fingerprint density at radius 2 is 2.03 bits per heavy atom. The number of anilines is 1. The summed E-state index contributed by atoms with van der Waals surface area (Å²) in [6.07, 6.45) is 5.23. The fraction of sp³-hybridized carbons (Fsp3) is 0.500. The van der Waals surface area contributed by atoms with E-state index in [1.165, 1.54) is 25.6 Å². The number of carbonyl (C=O) groups is 2. The Balaban J connectivity index is 1.68. The SMILES string of the molecule is CCC(C)Nc1nc(-c2cnn3ccsc23)nc(C(=O)N2CCC(NC(=O)OC)CC2)c1OC. The van der Waals surface area contributed by atoms with E-state index >= 15 is 0 Å². The molecule has 4 rings (SSSR count). The van der Waals surface area contributed by atoms with Crippen molar-refractivity contribution in [3.8, 4) is 17.1 Å². The molecule has 1 unspecified atom stereocenters. The van der Waals surface area contributed by atoms with E-state index in [0.29, 0.717) is 43.3 Å². The Morgan fingerprint density at radius 3 is 2.71 bits per heavy atom. The van der Waals surface area contributed by atoms with E-state index in [1.54, 1.807) is 15.6 Å². The van der Waals surface area contributed by atoms with Crippen LogP contribution in [0.3, 0.4) is 0 Å². The van der Waals surface area contributed by atoms with E-state index in [9.17, 15) is 9.59 Å². The number of nitrogens with zero attached hydrogens (tertiary/aromatic N) is 5. The normalized spacial score (nSPS) is 15.2. The Morgan fingerprint density at radius 1 is 1.26 bits per heavy atom. The Labute approximate surface area is 201 Å². The molecule has 1 fully saturated rings. The molecule has 0 spiro atoms. The molecule has 12 heteroatoms. The van der Waals surface area contributed by atoms with Crippen LogP contribution in [0.4, 0.5) is 10.6 Å². The lowest BCUT2D eigenvalue weighted by Gasteiger charge is -2.32. The van der Waals surface area contributed by atoms with Crippen molar-refractivity contribution in [2.45, 2.75) is 45.2 Å². The molecular formula is C22H29N7O4S. The number of hydrogen-bond donors (Lipinski definition) is 2. The predicted octanol–water partition coefficient (Wildman–Crippen LogP) is 3.03. The highest BCUT2D eigenvalue weighted by Crippen LogP contribution is 2.33. The summed E-state index contributed by atoms with van der Waals surface area (Å²) in [5.74, 6) is 0.968. The van der Waals surface area contributed by atoms with Gasteiger partial charge in [-0.3, -0.25) is 4.79 Å². The largest absolute Gasteiger partial charge is 0.491 e. The maximum absolute atomic E-state index is 13.6. The van der Waals surface area contributed by atoms with E-state index in [2.05, 4.69) is 32.4 Å². The van der Waals surface area contributed by atoms with E-state index in [1.807, 2.05) is 18.5 Å². The summed E-state index contributed by atoms with van der Waals surface area (Å²) in [7, 11) is 2.85. The van der Waals surface area contributed by atoms with Gasteiger partial charge in [-0.05, 0) is 26.2 Å². The van der Waals surface area contributed by atoms with Gasteiger partial charge in [0.2, 0.25) is 0 Å². The summed E-state index contributed by atoms with van der Waals surface area (Å²) in [6.45, 7) is 5.07. The number of alkyl carbamates (subject to hydrolysis) is 1. The van der Waals surface area contributed by atoms with Gasteiger partial charge in [-0.1, -0.05) is 6.92 Å². The van der Waals surface area contributed by atoms with Crippen molar-refractivity contribution in [1.82, 2.24) is 29.8 Å². The molecule has 4 heterocycles. The minimum absolute atomic E-state index is 0.0403. The van der Waals surface area contributed by atoms with Gasteiger partial charge in [0.15, 0.2) is 23.1 Å². The second-order valence-electron chi connectivity index (χ2n) is 8.14. The van der Waals surface area contributed by atoms with Crippen molar-refractivity contribution in [3.05, 3.63) is 23.5 Å². The van der Waals surface area contributed by atoms with Crippen LogP contribution in [-0.4, -0.2) is 75.9 Å². The van der Waals surface area contributed by atoms with Crippen LogP contribution in [0.25, 0.3) is 16.2 Å². The number of fused-ring (bicyclic) bond motifs is 1. The third kappa shape index (κ3) is 4.76. The van der Waals surface area contributed by atoms with Crippen LogP contribution in [0, 0.1) is 0 Å². The monoisotopic (exact) mass is 487 g/mol. The standard InChI is InChI=1S/C22H29N7O4S/c1-5-13(2)24-19-17(32-3)16(20(30)28-8-6-14(7-9-28)25-22(31)33-4)26-18(27-19)15-12-23-29-10-11-34-21(15)29/h10-14H,5-9H2,1-4H3,(H,25,31)(H,24,26,27). The maximum Gasteiger partial charge on any atom is 0.407 e. The van der Waals surface area contributed by atoms with Crippen LogP contribution in [0.1, 0.15) is 43.6 Å². The summed E-state index contributed by atoms with van der Waals surface area (Å²) < 4.78 is 12.1. The molecule has 34 heavy (non-hydrogen) atoms. The molecule has 1 atom stereocenters. The number of amides is 2. The van der Waals surface area contributed by atoms with Crippen molar-refractivity contribution in [3.63, 3.8) is 0 Å². The van der Waals surface area contributed by atoms with E-state index in [4.69, 9.17) is 9.72 Å². The van der Waals surface area contributed by atoms with Crippen LogP contribution in [0.2, 0.25) is 0 Å². The van der Waals surface area contributed by atoms with Crippen LogP contribution in [0.5, 0.6) is 5.75 Å². The fourth-order valence-electron chi connectivity index (χ4n) is 3.83. The molecule has 3 aromatic rings. The van der Waals surface area contributed by atoms with Crippen LogP contribution < -0.4 is 15.4 Å².